The number of halogens is 3. The van der Waals surface area contributed by atoms with Crippen LogP contribution in [-0.4, -0.2) is 20.1 Å². The molecule has 0 spiro atoms. The van der Waals surface area contributed by atoms with Crippen molar-refractivity contribution in [3.8, 4) is 0 Å². The Bertz CT molecular complexity index is 1110. The van der Waals surface area contributed by atoms with E-state index in [9.17, 15) is 18.0 Å². The first-order valence-electron chi connectivity index (χ1n) is 9.11. The molecule has 0 aliphatic carbocycles. The fraction of sp³-hybridized carbons (Fsp3) is 0.190. The van der Waals surface area contributed by atoms with Gasteiger partial charge in [-0.05, 0) is 43.3 Å². The summed E-state index contributed by atoms with van der Waals surface area (Å²) in [4.78, 5) is 23.3. The molecule has 31 heavy (non-hydrogen) atoms. The average molecular weight is 446 g/mol. The molecule has 0 radical (unpaired) electrons. The Balaban J connectivity index is 0.00000132. The number of amides is 1. The molecular formula is C21H17F3N4O2S. The zero-order valence-electron chi connectivity index (χ0n) is 16.3. The van der Waals surface area contributed by atoms with Crippen molar-refractivity contribution < 1.29 is 22.2 Å². The van der Waals surface area contributed by atoms with Crippen molar-refractivity contribution in [2.75, 3.05) is 10.2 Å². The van der Waals surface area contributed by atoms with Crippen LogP contribution in [-0.2, 0) is 31.8 Å². The van der Waals surface area contributed by atoms with Gasteiger partial charge in [-0.3, -0.25) is 4.79 Å². The molecule has 0 atom stereocenters. The zero-order valence-corrected chi connectivity index (χ0v) is 17.1. The number of nitrogens with one attached hydrogen (secondary N) is 1. The fourth-order valence-corrected chi connectivity index (χ4v) is 3.26. The number of carbonyl (C=O) groups excluding carboxylic acids is 1. The van der Waals surface area contributed by atoms with Gasteiger partial charge in [-0.1, -0.05) is 12.1 Å². The topological polar surface area (TPSA) is 75.2 Å². The van der Waals surface area contributed by atoms with Crippen LogP contribution in [0.5, 0.6) is 0 Å². The molecule has 3 aromatic rings. The summed E-state index contributed by atoms with van der Waals surface area (Å²) >= 11 is 2.83. The van der Waals surface area contributed by atoms with Crippen LogP contribution in [0.3, 0.4) is 0 Å². The van der Waals surface area contributed by atoms with Gasteiger partial charge in [0, 0.05) is 35.2 Å². The van der Waals surface area contributed by atoms with E-state index in [0.29, 0.717) is 24.5 Å². The van der Waals surface area contributed by atoms with Crippen molar-refractivity contribution in [2.45, 2.75) is 26.2 Å². The molecule has 0 fully saturated rings. The highest BCUT2D eigenvalue weighted by atomic mass is 32.1. The van der Waals surface area contributed by atoms with Crippen molar-refractivity contribution in [3.05, 3.63) is 82.9 Å². The van der Waals surface area contributed by atoms with Gasteiger partial charge < -0.3 is 10.2 Å². The summed E-state index contributed by atoms with van der Waals surface area (Å²) in [5.74, 6) is 0.235. The van der Waals surface area contributed by atoms with Gasteiger partial charge >= 0.3 is 6.18 Å². The molecule has 1 aromatic heterocycles. The third kappa shape index (κ3) is 5.21. The van der Waals surface area contributed by atoms with E-state index in [4.69, 9.17) is 4.21 Å². The molecule has 0 saturated carbocycles. The second kappa shape index (κ2) is 9.17. The highest BCUT2D eigenvalue weighted by Gasteiger charge is 2.30. The molecule has 2 aromatic carbocycles. The largest absolute Gasteiger partial charge is 0.416 e. The molecule has 0 unspecified atom stereocenters. The number of hydrogen-bond acceptors (Lipinski definition) is 6. The van der Waals surface area contributed by atoms with Crippen LogP contribution >= 0.6 is 0 Å². The number of fused-ring (bicyclic) bond motifs is 1. The number of nitrogens with zero attached hydrogens (tertiary/aromatic N) is 3. The van der Waals surface area contributed by atoms with Crippen molar-refractivity contribution in [1.82, 2.24) is 9.97 Å². The van der Waals surface area contributed by atoms with E-state index in [-0.39, 0.29) is 5.69 Å². The number of carbonyl (C=O) groups is 1. The van der Waals surface area contributed by atoms with Crippen molar-refractivity contribution in [2.24, 2.45) is 0 Å². The first-order valence-corrected chi connectivity index (χ1v) is 9.44. The molecule has 2 heterocycles. The Labute approximate surface area is 181 Å². The molecular weight excluding hydrogens is 429 g/mol. The maximum atomic E-state index is 12.9. The number of benzene rings is 2. The number of aromatic nitrogens is 2. The summed E-state index contributed by atoms with van der Waals surface area (Å²) in [6.45, 7) is 3.08. The predicted octanol–water partition coefficient (Wildman–Crippen LogP) is 4.24. The summed E-state index contributed by atoms with van der Waals surface area (Å²) in [5, 5.41) is 2.53. The minimum Gasteiger partial charge on any atom is -0.361 e. The SMILES string of the molecule is Cc1ncc2c(n1)CN(c1cccc(C(=O)Nc3cccc(C(F)(F)F)c3)c1)C2.O=S. The van der Waals surface area contributed by atoms with Gasteiger partial charge in [0.25, 0.3) is 5.91 Å². The number of alkyl halides is 3. The Morgan fingerprint density at radius 1 is 1.10 bits per heavy atom. The Hall–Kier alpha value is -3.40. The first-order chi connectivity index (χ1) is 14.8. The van der Waals surface area contributed by atoms with Gasteiger partial charge in [0.2, 0.25) is 0 Å². The lowest BCUT2D eigenvalue weighted by Crippen LogP contribution is -2.17. The predicted molar refractivity (Wildman–Crippen MR) is 111 cm³/mol. The summed E-state index contributed by atoms with van der Waals surface area (Å²) < 4.78 is 46.4. The highest BCUT2D eigenvalue weighted by molar-refractivity contribution is 7.44. The normalized spacial score (nSPS) is 12.6. The number of anilines is 2. The van der Waals surface area contributed by atoms with Crippen molar-refractivity contribution in [1.29, 1.82) is 0 Å². The molecule has 4 rings (SSSR count). The lowest BCUT2D eigenvalue weighted by atomic mass is 10.1. The van der Waals surface area contributed by atoms with E-state index in [1.165, 1.54) is 12.1 Å². The third-order valence-corrected chi connectivity index (χ3v) is 4.70. The highest BCUT2D eigenvalue weighted by Crippen LogP contribution is 2.31. The van der Waals surface area contributed by atoms with E-state index in [0.717, 1.165) is 29.1 Å². The molecule has 10 heteroatoms. The molecule has 0 saturated heterocycles. The number of hydrogen-bond donors (Lipinski definition) is 1. The van der Waals surface area contributed by atoms with Crippen LogP contribution in [0.15, 0.2) is 54.7 Å². The van der Waals surface area contributed by atoms with E-state index >= 15 is 0 Å². The van der Waals surface area contributed by atoms with E-state index in [2.05, 4.69) is 32.7 Å². The average Bonchev–Trinajstić information content (AvgIpc) is 3.18. The third-order valence-electron chi connectivity index (χ3n) is 4.70. The van der Waals surface area contributed by atoms with Gasteiger partial charge in [-0.2, -0.15) is 17.4 Å². The monoisotopic (exact) mass is 446 g/mol. The summed E-state index contributed by atoms with van der Waals surface area (Å²) in [5.41, 5.74) is 2.46. The van der Waals surface area contributed by atoms with Crippen LogP contribution in [0, 0.1) is 6.92 Å². The second-order valence-electron chi connectivity index (χ2n) is 6.83. The lowest BCUT2D eigenvalue weighted by molar-refractivity contribution is -0.137. The molecule has 0 bridgehead atoms. The smallest absolute Gasteiger partial charge is 0.361 e. The summed E-state index contributed by atoms with van der Waals surface area (Å²) in [6.07, 6.45) is -2.66. The van der Waals surface area contributed by atoms with Gasteiger partial charge in [0.15, 0.2) is 12.5 Å². The van der Waals surface area contributed by atoms with Crippen LogP contribution < -0.4 is 10.2 Å². The van der Waals surface area contributed by atoms with Gasteiger partial charge in [-0.25, -0.2) is 9.97 Å². The maximum absolute atomic E-state index is 12.9. The van der Waals surface area contributed by atoms with Crippen LogP contribution in [0.1, 0.15) is 33.0 Å². The lowest BCUT2D eigenvalue weighted by Gasteiger charge is -2.18. The number of aryl methyl sites for hydroxylation is 1. The molecule has 1 amide bonds. The van der Waals surface area contributed by atoms with Crippen LogP contribution in [0.25, 0.3) is 0 Å². The molecule has 1 aliphatic rings. The van der Waals surface area contributed by atoms with Gasteiger partial charge in [0.1, 0.15) is 5.82 Å². The standard InChI is InChI=1S/C21H17F3N4O.OS/c1-13-25-10-15-11-28(12-19(15)26-13)18-7-2-4-14(8-18)20(29)27-17-6-3-5-16(9-17)21(22,23)24;1-2/h2-10H,11-12H2,1H3,(H,27,29);. The Morgan fingerprint density at radius 3 is 2.58 bits per heavy atom. The molecule has 6 nitrogen and oxygen atoms in total. The van der Waals surface area contributed by atoms with Crippen LogP contribution in [0.2, 0.25) is 0 Å². The Morgan fingerprint density at radius 2 is 1.84 bits per heavy atom. The van der Waals surface area contributed by atoms with Crippen molar-refractivity contribution >= 4 is 29.8 Å². The summed E-state index contributed by atoms with van der Waals surface area (Å²) in [7, 11) is 0. The fourth-order valence-electron chi connectivity index (χ4n) is 3.26. The first kappa shape index (κ1) is 22.3. The number of rotatable bonds is 3. The molecule has 1 aliphatic heterocycles. The minimum absolute atomic E-state index is 0.0922. The minimum atomic E-state index is -4.47. The molecule has 1 N–H and O–H groups in total. The summed E-state index contributed by atoms with van der Waals surface area (Å²) in [6, 6.07) is 11.5. The van der Waals surface area contributed by atoms with Gasteiger partial charge in [-0.15, -0.1) is 0 Å². The van der Waals surface area contributed by atoms with Crippen LogP contribution in [0.4, 0.5) is 24.5 Å². The van der Waals surface area contributed by atoms with E-state index in [1.807, 2.05) is 19.2 Å². The zero-order chi connectivity index (χ0) is 22.6. The second-order valence-corrected chi connectivity index (χ2v) is 6.83. The van der Waals surface area contributed by atoms with E-state index < -0.39 is 17.6 Å². The van der Waals surface area contributed by atoms with Crippen molar-refractivity contribution in [3.63, 3.8) is 0 Å². The molecule has 160 valence electrons. The Kier molecular flexibility index (Phi) is 6.59. The van der Waals surface area contributed by atoms with Gasteiger partial charge in [0.05, 0.1) is 17.8 Å². The van der Waals surface area contributed by atoms with E-state index in [1.54, 1.807) is 18.2 Å². The maximum Gasteiger partial charge on any atom is 0.416 e. The quantitative estimate of drug-likeness (QED) is 0.649.